The molecule has 0 aliphatic carbocycles. The van der Waals surface area contributed by atoms with Crippen molar-refractivity contribution in [3.8, 4) is 44.5 Å². The second-order valence-electron chi connectivity index (χ2n) is 13.4. The smallest absolute Gasteiger partial charge is 0.335 e. The van der Waals surface area contributed by atoms with Gasteiger partial charge in [-0.3, -0.25) is 0 Å². The lowest BCUT2D eigenvalue weighted by atomic mass is 10.0. The topological polar surface area (TPSA) is 94.7 Å². The van der Waals surface area contributed by atoms with E-state index < -0.39 is 5.97 Å². The fourth-order valence-electron chi connectivity index (χ4n) is 7.31. The number of aryl methyl sites for hydroxylation is 1. The van der Waals surface area contributed by atoms with Crippen molar-refractivity contribution in [2.24, 2.45) is 0 Å². The number of hydrogen-bond acceptors (Lipinski definition) is 3. The van der Waals surface area contributed by atoms with Crippen LogP contribution in [0.5, 0.6) is 0 Å². The van der Waals surface area contributed by atoms with Crippen LogP contribution in [-0.2, 0) is 0 Å². The molecule has 0 fully saturated rings. The van der Waals surface area contributed by atoms with E-state index in [1.54, 1.807) is 42.5 Å². The Morgan fingerprint density at radius 2 is 0.804 bits per heavy atom. The highest BCUT2D eigenvalue weighted by Crippen LogP contribution is 2.44. The lowest BCUT2D eigenvalue weighted by Crippen LogP contribution is -1.95. The van der Waals surface area contributed by atoms with Gasteiger partial charge in [-0.2, -0.15) is 0 Å². The van der Waals surface area contributed by atoms with Crippen LogP contribution >= 0.6 is 46.4 Å². The Bertz CT molecular complexity index is 2960. The van der Waals surface area contributed by atoms with Gasteiger partial charge in [0.05, 0.1) is 48.4 Å². The summed E-state index contributed by atoms with van der Waals surface area (Å²) in [4.78, 5) is 29.7. The van der Waals surface area contributed by atoms with Crippen LogP contribution in [0.15, 0.2) is 109 Å². The first kappa shape index (κ1) is 35.8. The SMILES string of the molecule is Cc1ccc(-c2c3nc(c(-c4c(Cl)cccc4Cl)c4ccc([nH]4)c(-c4c(Cl)cccc4Cl)c4nc(c(-c5ccc(C(=O)O)cc5)c5ccc2[nH]5)C=C4)C=C3)cc1. The first-order valence-corrected chi connectivity index (χ1v) is 19.1. The number of nitrogens with zero attached hydrogens (tertiary/aromatic N) is 2. The number of aromatic carboxylic acids is 1. The fourth-order valence-corrected chi connectivity index (χ4v) is 8.48. The molecular weight excluding hydrogens is 782 g/mol. The Kier molecular flexibility index (Phi) is 9.15. The number of aromatic amines is 2. The van der Waals surface area contributed by atoms with Crippen LogP contribution in [0.3, 0.4) is 0 Å². The van der Waals surface area contributed by atoms with E-state index in [0.29, 0.717) is 70.5 Å². The number of fused-ring (bicyclic) bond motifs is 8. The summed E-state index contributed by atoms with van der Waals surface area (Å²) in [5, 5.41) is 11.5. The Morgan fingerprint density at radius 3 is 1.18 bits per heavy atom. The summed E-state index contributed by atoms with van der Waals surface area (Å²) in [5.74, 6) is -1.01. The monoisotopic (exact) mass is 808 g/mol. The molecule has 4 aromatic carbocycles. The Labute approximate surface area is 341 Å². The highest BCUT2D eigenvalue weighted by molar-refractivity contribution is 6.40. The fraction of sp³-hybridized carbons (Fsp3) is 0.0217. The second-order valence-corrected chi connectivity index (χ2v) is 15.1. The van der Waals surface area contributed by atoms with Gasteiger partial charge in [-0.25, -0.2) is 14.8 Å². The summed E-state index contributed by atoms with van der Waals surface area (Å²) < 4.78 is 0. The lowest BCUT2D eigenvalue weighted by Gasteiger charge is -2.10. The predicted molar refractivity (Wildman–Crippen MR) is 232 cm³/mol. The Balaban J connectivity index is 1.49. The summed E-state index contributed by atoms with van der Waals surface area (Å²) in [6, 6.07) is 33.9. The maximum atomic E-state index is 11.8. The summed E-state index contributed by atoms with van der Waals surface area (Å²) in [6.07, 6.45) is 7.85. The Morgan fingerprint density at radius 1 is 0.464 bits per heavy atom. The number of carboxylic acids is 1. The number of aromatic nitrogens is 4. The zero-order valence-corrected chi connectivity index (χ0v) is 32.5. The molecule has 0 saturated carbocycles. The van der Waals surface area contributed by atoms with Gasteiger partial charge in [-0.15, -0.1) is 0 Å². The van der Waals surface area contributed by atoms with Crippen molar-refractivity contribution in [1.29, 1.82) is 0 Å². The van der Waals surface area contributed by atoms with Crippen molar-refractivity contribution >= 4 is 98.7 Å². The molecular formula is C46H28Cl4N4O2. The summed E-state index contributed by atoms with van der Waals surface area (Å²) in [5.41, 5.74) is 13.0. The maximum absolute atomic E-state index is 11.8. The molecule has 2 aliphatic rings. The van der Waals surface area contributed by atoms with E-state index in [4.69, 9.17) is 56.4 Å². The third-order valence-electron chi connectivity index (χ3n) is 9.94. The first-order valence-electron chi connectivity index (χ1n) is 17.6. The molecule has 0 amide bonds. The Hall–Kier alpha value is -5.89. The molecule has 5 heterocycles. The van der Waals surface area contributed by atoms with E-state index in [1.807, 2.05) is 66.8 Å². The summed E-state index contributed by atoms with van der Waals surface area (Å²) in [6.45, 7) is 2.05. The van der Waals surface area contributed by atoms with Gasteiger partial charge in [0, 0.05) is 55.4 Å². The molecule has 0 radical (unpaired) electrons. The molecule has 2 aliphatic heterocycles. The quantitative estimate of drug-likeness (QED) is 0.161. The minimum atomic E-state index is -1.01. The number of hydrogen-bond donors (Lipinski definition) is 3. The molecule has 56 heavy (non-hydrogen) atoms. The number of benzene rings is 4. The average Bonchev–Trinajstić information content (AvgIpc) is 4.02. The van der Waals surface area contributed by atoms with Crippen molar-refractivity contribution < 1.29 is 9.90 Å². The van der Waals surface area contributed by atoms with Gasteiger partial charge in [-0.05, 0) is 103 Å². The van der Waals surface area contributed by atoms with Crippen molar-refractivity contribution in [2.45, 2.75) is 6.92 Å². The molecule has 0 spiro atoms. The van der Waals surface area contributed by atoms with Gasteiger partial charge < -0.3 is 15.1 Å². The molecule has 0 unspecified atom stereocenters. The summed E-state index contributed by atoms with van der Waals surface area (Å²) in [7, 11) is 0. The third kappa shape index (κ3) is 6.31. The van der Waals surface area contributed by atoms with Crippen molar-refractivity contribution in [2.75, 3.05) is 0 Å². The normalized spacial score (nSPS) is 12.0. The van der Waals surface area contributed by atoms with E-state index in [2.05, 4.69) is 41.2 Å². The maximum Gasteiger partial charge on any atom is 0.335 e. The van der Waals surface area contributed by atoms with Crippen LogP contribution in [0, 0.1) is 6.92 Å². The number of halogens is 4. The van der Waals surface area contributed by atoms with Gasteiger partial charge in [-0.1, -0.05) is 100 Å². The molecule has 0 saturated heterocycles. The summed E-state index contributed by atoms with van der Waals surface area (Å²) >= 11 is 27.8. The number of nitrogens with one attached hydrogen (secondary N) is 2. The minimum absolute atomic E-state index is 0.180. The van der Waals surface area contributed by atoms with E-state index in [-0.39, 0.29) is 5.56 Å². The van der Waals surface area contributed by atoms with Crippen LogP contribution in [0.2, 0.25) is 20.1 Å². The number of H-pyrrole nitrogens is 2. The van der Waals surface area contributed by atoms with Crippen LogP contribution in [0.1, 0.15) is 38.7 Å². The van der Waals surface area contributed by atoms with Gasteiger partial charge in [0.2, 0.25) is 0 Å². The minimum Gasteiger partial charge on any atom is -0.478 e. The van der Waals surface area contributed by atoms with Crippen LogP contribution in [0.25, 0.3) is 90.9 Å². The predicted octanol–water partition coefficient (Wildman–Crippen LogP) is 13.9. The number of carboxylic acid groups (broad SMARTS) is 1. The highest BCUT2D eigenvalue weighted by Gasteiger charge is 2.22. The van der Waals surface area contributed by atoms with Gasteiger partial charge in [0.1, 0.15) is 0 Å². The standard InChI is InChI=1S/C46H28Cl4N4O2/c1-24-8-10-25(11-9-24)40-32-16-17-33(51-32)41(26-12-14-27(15-13-26)46(55)56)35-19-21-37(53-35)45(43-30(49)6-3-7-31(43)50)39-23-22-38(54-39)44(36-20-18-34(40)52-36)42-28(47)4-2-5-29(42)48/h2-23,51,54H,1H3,(H,55,56). The van der Waals surface area contributed by atoms with Crippen molar-refractivity contribution in [3.05, 3.63) is 163 Å². The van der Waals surface area contributed by atoms with Crippen molar-refractivity contribution in [3.63, 3.8) is 0 Å². The van der Waals surface area contributed by atoms with E-state index >= 15 is 0 Å². The zero-order valence-electron chi connectivity index (χ0n) is 29.5. The average molecular weight is 811 g/mol. The molecule has 6 nitrogen and oxygen atoms in total. The second kappa shape index (κ2) is 14.3. The molecule has 0 atom stereocenters. The highest BCUT2D eigenvalue weighted by atomic mass is 35.5. The first-order chi connectivity index (χ1) is 27.1. The molecule has 9 rings (SSSR count). The van der Waals surface area contributed by atoms with Crippen LogP contribution in [-0.4, -0.2) is 31.0 Å². The van der Waals surface area contributed by atoms with E-state index in [0.717, 1.165) is 44.5 Å². The third-order valence-corrected chi connectivity index (χ3v) is 11.2. The molecule has 7 aromatic rings. The van der Waals surface area contributed by atoms with Gasteiger partial charge in [0.15, 0.2) is 0 Å². The van der Waals surface area contributed by atoms with Crippen molar-refractivity contribution in [1.82, 2.24) is 19.9 Å². The van der Waals surface area contributed by atoms with Crippen LogP contribution in [0.4, 0.5) is 0 Å². The molecule has 272 valence electrons. The zero-order chi connectivity index (χ0) is 38.7. The number of rotatable bonds is 5. The van der Waals surface area contributed by atoms with E-state index in [9.17, 15) is 9.90 Å². The van der Waals surface area contributed by atoms with E-state index in [1.165, 1.54) is 0 Å². The molecule has 3 N–H and O–H groups in total. The lowest BCUT2D eigenvalue weighted by molar-refractivity contribution is 0.0697. The van der Waals surface area contributed by atoms with Crippen LogP contribution < -0.4 is 0 Å². The van der Waals surface area contributed by atoms with Gasteiger partial charge in [0.25, 0.3) is 0 Å². The number of carbonyl (C=O) groups is 1. The molecule has 8 bridgehead atoms. The largest absolute Gasteiger partial charge is 0.478 e. The molecule has 3 aromatic heterocycles. The van der Waals surface area contributed by atoms with Gasteiger partial charge >= 0.3 is 5.97 Å². The molecule has 10 heteroatoms.